The van der Waals surface area contributed by atoms with Crippen molar-refractivity contribution in [1.29, 1.82) is 0 Å². The Hall–Kier alpha value is -3.44. The molecule has 2 aromatic heterocycles. The first kappa shape index (κ1) is 24.3. The first-order valence-electron chi connectivity index (χ1n) is 12.1. The van der Waals surface area contributed by atoms with Gasteiger partial charge in [0.1, 0.15) is 24.3 Å². The Kier molecular flexibility index (Phi) is 6.44. The number of piperidine rings is 1. The largest absolute Gasteiger partial charge is 0.491 e. The van der Waals surface area contributed by atoms with Gasteiger partial charge in [0.05, 0.1) is 25.4 Å². The van der Waals surface area contributed by atoms with Crippen molar-refractivity contribution in [2.75, 3.05) is 48.5 Å². The van der Waals surface area contributed by atoms with Gasteiger partial charge in [0.25, 0.3) is 0 Å². The zero-order valence-corrected chi connectivity index (χ0v) is 20.9. The quantitative estimate of drug-likeness (QED) is 0.622. The second-order valence-corrected chi connectivity index (χ2v) is 9.67. The zero-order valence-electron chi connectivity index (χ0n) is 20.9. The topological polar surface area (TPSA) is 115 Å². The molecule has 2 fully saturated rings. The lowest BCUT2D eigenvalue weighted by Gasteiger charge is -2.46. The number of carbonyl (C=O) groups excluding carboxylic acids is 2. The van der Waals surface area contributed by atoms with Gasteiger partial charge in [-0.3, -0.25) is 10.2 Å². The minimum Gasteiger partial charge on any atom is -0.491 e. The molecule has 2 aromatic rings. The lowest BCUT2D eigenvalue weighted by Crippen LogP contribution is -2.56. The molecule has 2 saturated heterocycles. The van der Waals surface area contributed by atoms with Crippen molar-refractivity contribution in [2.45, 2.75) is 51.5 Å². The molecule has 0 spiro atoms. The number of ether oxygens (including phenoxy) is 4. The van der Waals surface area contributed by atoms with Crippen LogP contribution in [0.3, 0.4) is 0 Å². The van der Waals surface area contributed by atoms with Gasteiger partial charge in [-0.05, 0) is 51.3 Å². The van der Waals surface area contributed by atoms with Crippen molar-refractivity contribution in [3.05, 3.63) is 35.7 Å². The van der Waals surface area contributed by atoms with Gasteiger partial charge in [-0.25, -0.2) is 19.6 Å². The number of amides is 2. The Labute approximate surface area is 209 Å². The number of hydrogen-bond acceptors (Lipinski definition) is 9. The minimum absolute atomic E-state index is 0.0756. The molecule has 3 aliphatic heterocycles. The molecule has 0 unspecified atom stereocenters. The summed E-state index contributed by atoms with van der Waals surface area (Å²) < 4.78 is 22.1. The Morgan fingerprint density at radius 3 is 2.89 bits per heavy atom. The zero-order chi connectivity index (χ0) is 25.4. The highest BCUT2D eigenvalue weighted by atomic mass is 16.7. The number of nitrogens with zero attached hydrogens (tertiary/aromatic N) is 4. The smallest absolute Gasteiger partial charge is 0.356 e. The van der Waals surface area contributed by atoms with Gasteiger partial charge in [0.15, 0.2) is 17.3 Å². The summed E-state index contributed by atoms with van der Waals surface area (Å²) >= 11 is 0. The highest BCUT2D eigenvalue weighted by Gasteiger charge is 2.40. The van der Waals surface area contributed by atoms with E-state index in [2.05, 4.69) is 20.2 Å². The van der Waals surface area contributed by atoms with E-state index in [1.807, 2.05) is 20.8 Å². The summed E-state index contributed by atoms with van der Waals surface area (Å²) in [4.78, 5) is 38.5. The molecule has 3 aliphatic rings. The predicted molar refractivity (Wildman–Crippen MR) is 132 cm³/mol. The van der Waals surface area contributed by atoms with Crippen molar-refractivity contribution in [3.8, 4) is 5.75 Å². The highest BCUT2D eigenvalue weighted by Crippen LogP contribution is 2.40. The Morgan fingerprint density at radius 1 is 1.31 bits per heavy atom. The summed E-state index contributed by atoms with van der Waals surface area (Å²) in [5.74, 6) is 0.196. The normalized spacial score (nSPS) is 22.1. The van der Waals surface area contributed by atoms with Crippen LogP contribution in [0.4, 0.5) is 22.1 Å². The number of carbonyl (C=O) groups is 2. The van der Waals surface area contributed by atoms with Crippen LogP contribution in [0.15, 0.2) is 24.4 Å². The van der Waals surface area contributed by atoms with Crippen LogP contribution >= 0.6 is 0 Å². The van der Waals surface area contributed by atoms with Crippen LogP contribution in [0.25, 0.3) is 0 Å². The Morgan fingerprint density at radius 2 is 2.14 bits per heavy atom. The fraction of sp³-hybridized carbons (Fsp3) is 0.520. The molecule has 2 atom stereocenters. The molecule has 0 saturated carbocycles. The standard InChI is InChI=1S/C25H31N5O6/c1-15-10-19(23(31)33-4)27-22-21(15)29-9-5-6-16(12-29)30(22)24(32)28-20-11-17(7-8-26-20)34-13-18-14-35-25(2,3)36-18/h7-8,10-11,16,18H,5-6,9,12-14H2,1-4H3,(H,26,28,32)/t16-,18-/m0/s1. The van der Waals surface area contributed by atoms with Gasteiger partial charge >= 0.3 is 12.0 Å². The van der Waals surface area contributed by atoms with Crippen LogP contribution in [0.1, 0.15) is 42.7 Å². The van der Waals surface area contributed by atoms with E-state index < -0.39 is 11.8 Å². The molecule has 11 nitrogen and oxygen atoms in total. The third kappa shape index (κ3) is 4.80. The number of fused-ring (bicyclic) bond motifs is 4. The van der Waals surface area contributed by atoms with Crippen molar-refractivity contribution >= 4 is 29.3 Å². The maximum Gasteiger partial charge on any atom is 0.356 e. The van der Waals surface area contributed by atoms with Gasteiger partial charge in [0.2, 0.25) is 0 Å². The number of esters is 1. The van der Waals surface area contributed by atoms with Gasteiger partial charge in [-0.2, -0.15) is 0 Å². The van der Waals surface area contributed by atoms with Gasteiger partial charge in [-0.1, -0.05) is 0 Å². The van der Waals surface area contributed by atoms with Gasteiger partial charge in [0, 0.05) is 25.4 Å². The molecule has 5 rings (SSSR count). The maximum atomic E-state index is 13.6. The summed E-state index contributed by atoms with van der Waals surface area (Å²) in [7, 11) is 1.31. The van der Waals surface area contributed by atoms with Gasteiger partial charge < -0.3 is 23.8 Å². The van der Waals surface area contributed by atoms with Crippen LogP contribution in [-0.4, -0.2) is 73.3 Å². The molecule has 192 valence electrons. The third-order valence-corrected chi connectivity index (χ3v) is 6.55. The molecule has 0 aliphatic carbocycles. The number of urea groups is 1. The molecule has 2 bridgehead atoms. The van der Waals surface area contributed by atoms with Crippen molar-refractivity contribution in [1.82, 2.24) is 9.97 Å². The number of pyridine rings is 2. The van der Waals surface area contributed by atoms with Crippen molar-refractivity contribution in [3.63, 3.8) is 0 Å². The summed E-state index contributed by atoms with van der Waals surface area (Å²) in [6, 6.07) is 4.65. The lowest BCUT2D eigenvalue weighted by molar-refractivity contribution is -0.141. The number of rotatable bonds is 5. The molecular formula is C25H31N5O6. The minimum atomic E-state index is -0.620. The summed E-state index contributed by atoms with van der Waals surface area (Å²) in [6.07, 6.45) is 3.19. The highest BCUT2D eigenvalue weighted by molar-refractivity contribution is 6.05. The SMILES string of the molecule is COC(=O)c1cc(C)c2c(n1)N(C(=O)Nc1cc(OC[C@H]3COC(C)(C)O3)ccn1)[C@H]1CCCN2C1. The fourth-order valence-corrected chi connectivity index (χ4v) is 4.99. The van der Waals surface area contributed by atoms with Crippen LogP contribution in [0.2, 0.25) is 0 Å². The number of nitrogens with one attached hydrogen (secondary N) is 1. The second-order valence-electron chi connectivity index (χ2n) is 9.67. The summed E-state index contributed by atoms with van der Waals surface area (Å²) in [5.41, 5.74) is 1.90. The number of aromatic nitrogens is 2. The molecule has 1 N–H and O–H groups in total. The molecule has 2 amide bonds. The van der Waals surface area contributed by atoms with E-state index in [4.69, 9.17) is 18.9 Å². The van der Waals surface area contributed by atoms with E-state index in [1.165, 1.54) is 7.11 Å². The number of aryl methyl sites for hydroxylation is 1. The molecule has 11 heteroatoms. The van der Waals surface area contributed by atoms with Crippen LogP contribution < -0.4 is 19.9 Å². The van der Waals surface area contributed by atoms with E-state index in [9.17, 15) is 9.59 Å². The molecule has 0 aromatic carbocycles. The average molecular weight is 498 g/mol. The summed E-state index contributed by atoms with van der Waals surface area (Å²) in [6.45, 7) is 8.00. The van der Waals surface area contributed by atoms with Gasteiger partial charge in [-0.15, -0.1) is 0 Å². The second kappa shape index (κ2) is 9.55. The van der Waals surface area contributed by atoms with E-state index >= 15 is 0 Å². The third-order valence-electron chi connectivity index (χ3n) is 6.55. The van der Waals surface area contributed by atoms with Crippen molar-refractivity contribution < 1.29 is 28.5 Å². The van der Waals surface area contributed by atoms with E-state index in [1.54, 1.807) is 29.3 Å². The monoisotopic (exact) mass is 497 g/mol. The molecular weight excluding hydrogens is 466 g/mol. The first-order chi connectivity index (χ1) is 17.2. The summed E-state index contributed by atoms with van der Waals surface area (Å²) in [5, 5.41) is 2.88. The van der Waals surface area contributed by atoms with E-state index in [-0.39, 0.29) is 23.9 Å². The Bertz CT molecular complexity index is 1170. The number of methoxy groups -OCH3 is 1. The maximum absolute atomic E-state index is 13.6. The van der Waals surface area contributed by atoms with E-state index in [0.29, 0.717) is 37.1 Å². The Balaban J connectivity index is 1.36. The van der Waals surface area contributed by atoms with E-state index in [0.717, 1.165) is 30.6 Å². The first-order valence-corrected chi connectivity index (χ1v) is 12.1. The lowest BCUT2D eigenvalue weighted by atomic mass is 9.98. The van der Waals surface area contributed by atoms with Crippen LogP contribution in [0, 0.1) is 6.92 Å². The van der Waals surface area contributed by atoms with Crippen LogP contribution in [-0.2, 0) is 14.2 Å². The predicted octanol–water partition coefficient (Wildman–Crippen LogP) is 3.12. The molecule has 0 radical (unpaired) electrons. The molecule has 36 heavy (non-hydrogen) atoms. The van der Waals surface area contributed by atoms with Crippen LogP contribution in [0.5, 0.6) is 5.75 Å². The molecule has 5 heterocycles. The van der Waals surface area contributed by atoms with Crippen molar-refractivity contribution in [2.24, 2.45) is 0 Å². The number of hydrogen-bond donors (Lipinski definition) is 1. The number of anilines is 3. The fourth-order valence-electron chi connectivity index (χ4n) is 4.99. The average Bonchev–Trinajstić information content (AvgIpc) is 3.20.